The van der Waals surface area contributed by atoms with Crippen molar-refractivity contribution in [3.8, 4) is 0 Å². The predicted molar refractivity (Wildman–Crippen MR) is 94.4 cm³/mol. The summed E-state index contributed by atoms with van der Waals surface area (Å²) in [7, 11) is 0. The van der Waals surface area contributed by atoms with E-state index in [1.165, 1.54) is 0 Å². The molecule has 120 valence electrons. The van der Waals surface area contributed by atoms with Gasteiger partial charge in [0.2, 0.25) is 0 Å². The predicted octanol–water partition coefficient (Wildman–Crippen LogP) is 2.85. The van der Waals surface area contributed by atoms with E-state index in [9.17, 15) is 14.4 Å². The Labute approximate surface area is 142 Å². The van der Waals surface area contributed by atoms with Gasteiger partial charge in [-0.25, -0.2) is 0 Å². The largest absolute Gasteiger partial charge is 0.399 e. The number of benzene rings is 2. The SMILES string of the molecule is Nc1ccc(C(=O)Nc2cccc(/C=C3/SC(=O)NC3=O)c2)cc1. The molecule has 0 atom stereocenters. The van der Waals surface area contributed by atoms with Crippen molar-refractivity contribution in [1.82, 2.24) is 5.32 Å². The van der Waals surface area contributed by atoms with Gasteiger partial charge in [0.1, 0.15) is 0 Å². The van der Waals surface area contributed by atoms with E-state index < -0.39 is 5.91 Å². The number of hydrogen-bond donors (Lipinski definition) is 3. The summed E-state index contributed by atoms with van der Waals surface area (Å²) in [5.41, 5.74) is 7.97. The number of rotatable bonds is 3. The zero-order chi connectivity index (χ0) is 17.1. The third kappa shape index (κ3) is 3.64. The second-order valence-corrected chi connectivity index (χ2v) is 6.07. The summed E-state index contributed by atoms with van der Waals surface area (Å²) in [6.07, 6.45) is 1.60. The first-order valence-corrected chi connectivity index (χ1v) is 7.85. The molecule has 3 rings (SSSR count). The summed E-state index contributed by atoms with van der Waals surface area (Å²) in [4.78, 5) is 35.3. The second kappa shape index (κ2) is 6.59. The van der Waals surface area contributed by atoms with Gasteiger partial charge < -0.3 is 11.1 Å². The summed E-state index contributed by atoms with van der Waals surface area (Å²) in [5, 5.41) is 4.59. The monoisotopic (exact) mass is 339 g/mol. The molecule has 0 saturated carbocycles. The number of carbonyl (C=O) groups is 3. The van der Waals surface area contributed by atoms with E-state index in [0.29, 0.717) is 27.4 Å². The maximum Gasteiger partial charge on any atom is 0.290 e. The molecule has 6 nitrogen and oxygen atoms in total. The highest BCUT2D eigenvalue weighted by Gasteiger charge is 2.24. The number of amides is 3. The standard InChI is InChI=1S/C17H13N3O3S/c18-12-6-4-11(5-7-12)15(21)19-13-3-1-2-10(8-13)9-14-16(22)20-17(23)24-14/h1-9H,18H2,(H,19,21)(H,20,22,23)/b14-9+. The second-order valence-electron chi connectivity index (χ2n) is 5.05. The topological polar surface area (TPSA) is 101 Å². The molecule has 1 aliphatic heterocycles. The fourth-order valence-corrected chi connectivity index (χ4v) is 2.80. The molecule has 1 aliphatic rings. The summed E-state index contributed by atoms with van der Waals surface area (Å²) >= 11 is 0.849. The summed E-state index contributed by atoms with van der Waals surface area (Å²) in [5.74, 6) is -0.677. The molecule has 1 heterocycles. The highest BCUT2D eigenvalue weighted by molar-refractivity contribution is 8.18. The van der Waals surface area contributed by atoms with Crippen molar-refractivity contribution in [2.24, 2.45) is 0 Å². The van der Waals surface area contributed by atoms with Gasteiger partial charge in [0.05, 0.1) is 4.91 Å². The van der Waals surface area contributed by atoms with Crippen LogP contribution in [0.3, 0.4) is 0 Å². The summed E-state index contributed by atoms with van der Waals surface area (Å²) in [6.45, 7) is 0. The lowest BCUT2D eigenvalue weighted by atomic mass is 10.1. The van der Waals surface area contributed by atoms with Crippen LogP contribution in [-0.2, 0) is 4.79 Å². The Morgan fingerprint density at radius 3 is 2.54 bits per heavy atom. The van der Waals surface area contributed by atoms with Crippen LogP contribution in [0.4, 0.5) is 16.2 Å². The van der Waals surface area contributed by atoms with Crippen molar-refractivity contribution in [3.63, 3.8) is 0 Å². The third-order valence-corrected chi connectivity index (χ3v) is 4.07. The number of thioether (sulfide) groups is 1. The molecule has 3 amide bonds. The van der Waals surface area contributed by atoms with Crippen LogP contribution in [0.5, 0.6) is 0 Å². The minimum absolute atomic E-state index is 0.261. The van der Waals surface area contributed by atoms with E-state index in [0.717, 1.165) is 11.8 Å². The van der Waals surface area contributed by atoms with Crippen molar-refractivity contribution in [1.29, 1.82) is 0 Å². The van der Waals surface area contributed by atoms with Gasteiger partial charge in [0.15, 0.2) is 0 Å². The maximum atomic E-state index is 12.2. The average molecular weight is 339 g/mol. The van der Waals surface area contributed by atoms with Gasteiger partial charge in [-0.05, 0) is 59.8 Å². The Morgan fingerprint density at radius 2 is 1.88 bits per heavy atom. The molecular weight excluding hydrogens is 326 g/mol. The fraction of sp³-hybridized carbons (Fsp3) is 0. The van der Waals surface area contributed by atoms with Gasteiger partial charge in [0.25, 0.3) is 17.1 Å². The van der Waals surface area contributed by atoms with Crippen LogP contribution in [0.15, 0.2) is 53.4 Å². The van der Waals surface area contributed by atoms with Gasteiger partial charge >= 0.3 is 0 Å². The molecule has 24 heavy (non-hydrogen) atoms. The third-order valence-electron chi connectivity index (χ3n) is 3.26. The molecular formula is C17H13N3O3S. The van der Waals surface area contributed by atoms with Crippen LogP contribution in [0, 0.1) is 0 Å². The van der Waals surface area contributed by atoms with E-state index in [1.807, 2.05) is 0 Å². The van der Waals surface area contributed by atoms with Crippen molar-refractivity contribution >= 4 is 46.3 Å². The number of nitrogens with two attached hydrogens (primary N) is 1. The molecule has 1 fully saturated rings. The minimum atomic E-state index is -0.415. The van der Waals surface area contributed by atoms with Gasteiger partial charge in [-0.2, -0.15) is 0 Å². The highest BCUT2D eigenvalue weighted by atomic mass is 32.2. The molecule has 0 bridgehead atoms. The zero-order valence-electron chi connectivity index (χ0n) is 12.4. The van der Waals surface area contributed by atoms with E-state index in [4.69, 9.17) is 5.73 Å². The maximum absolute atomic E-state index is 12.2. The van der Waals surface area contributed by atoms with E-state index in [1.54, 1.807) is 54.6 Å². The molecule has 0 radical (unpaired) electrons. The molecule has 2 aromatic rings. The fourth-order valence-electron chi connectivity index (χ4n) is 2.12. The smallest absolute Gasteiger partial charge is 0.290 e. The van der Waals surface area contributed by atoms with Crippen LogP contribution in [-0.4, -0.2) is 17.1 Å². The quantitative estimate of drug-likeness (QED) is 0.589. The zero-order valence-corrected chi connectivity index (χ0v) is 13.2. The lowest BCUT2D eigenvalue weighted by molar-refractivity contribution is -0.115. The normalized spacial score (nSPS) is 15.4. The van der Waals surface area contributed by atoms with Crippen LogP contribution in [0.1, 0.15) is 15.9 Å². The Balaban J connectivity index is 1.77. The molecule has 0 spiro atoms. The number of hydrogen-bond acceptors (Lipinski definition) is 5. The van der Waals surface area contributed by atoms with Crippen LogP contribution in [0.2, 0.25) is 0 Å². The van der Waals surface area contributed by atoms with E-state index >= 15 is 0 Å². The summed E-state index contributed by atoms with van der Waals surface area (Å²) in [6, 6.07) is 13.6. The minimum Gasteiger partial charge on any atom is -0.399 e. The van der Waals surface area contributed by atoms with Crippen molar-refractivity contribution < 1.29 is 14.4 Å². The van der Waals surface area contributed by atoms with Gasteiger partial charge in [0, 0.05) is 16.9 Å². The number of anilines is 2. The van der Waals surface area contributed by atoms with Crippen LogP contribution in [0.25, 0.3) is 6.08 Å². The van der Waals surface area contributed by atoms with Crippen molar-refractivity contribution in [3.05, 3.63) is 64.6 Å². The van der Waals surface area contributed by atoms with Gasteiger partial charge in [-0.3, -0.25) is 19.7 Å². The van der Waals surface area contributed by atoms with Gasteiger partial charge in [-0.15, -0.1) is 0 Å². The first-order chi connectivity index (χ1) is 11.5. The van der Waals surface area contributed by atoms with Gasteiger partial charge in [-0.1, -0.05) is 12.1 Å². The lowest BCUT2D eigenvalue weighted by Crippen LogP contribution is -2.17. The number of imide groups is 1. The van der Waals surface area contributed by atoms with E-state index in [-0.39, 0.29) is 11.1 Å². The Morgan fingerprint density at radius 1 is 1.12 bits per heavy atom. The molecule has 4 N–H and O–H groups in total. The van der Waals surface area contributed by atoms with Crippen molar-refractivity contribution in [2.75, 3.05) is 11.1 Å². The first-order valence-electron chi connectivity index (χ1n) is 7.03. The Kier molecular flexibility index (Phi) is 4.35. The molecule has 0 aromatic heterocycles. The van der Waals surface area contributed by atoms with Crippen LogP contribution >= 0.6 is 11.8 Å². The Hall–Kier alpha value is -3.06. The number of nitrogens with one attached hydrogen (secondary N) is 2. The van der Waals surface area contributed by atoms with E-state index in [2.05, 4.69) is 10.6 Å². The lowest BCUT2D eigenvalue weighted by Gasteiger charge is -2.06. The molecule has 7 heteroatoms. The number of nitrogen functional groups attached to an aromatic ring is 1. The van der Waals surface area contributed by atoms with Crippen molar-refractivity contribution in [2.45, 2.75) is 0 Å². The molecule has 0 unspecified atom stereocenters. The number of carbonyl (C=O) groups excluding carboxylic acids is 3. The molecule has 2 aromatic carbocycles. The molecule has 0 aliphatic carbocycles. The summed E-state index contributed by atoms with van der Waals surface area (Å²) < 4.78 is 0. The average Bonchev–Trinajstić information content (AvgIpc) is 2.86. The first kappa shape index (κ1) is 15.8. The Bertz CT molecular complexity index is 860. The highest BCUT2D eigenvalue weighted by Crippen LogP contribution is 2.26. The molecule has 1 saturated heterocycles. The van der Waals surface area contributed by atoms with Crippen LogP contribution < -0.4 is 16.4 Å².